The maximum Gasteiger partial charge on any atom is 0.143 e. The highest BCUT2D eigenvalue weighted by Crippen LogP contribution is 2.44. The number of aliphatic hydroxyl groups excluding tert-OH is 1. The lowest BCUT2D eigenvalue weighted by atomic mass is 10.1. The molecule has 1 unspecified atom stereocenters. The second-order valence-corrected chi connectivity index (χ2v) is 5.56. The van der Waals surface area contributed by atoms with Gasteiger partial charge < -0.3 is 5.11 Å². The predicted molar refractivity (Wildman–Crippen MR) is 64.5 cm³/mol. The molecule has 2 rings (SSSR count). The van der Waals surface area contributed by atoms with Gasteiger partial charge in [-0.1, -0.05) is 15.9 Å². The predicted octanol–water partition coefficient (Wildman–Crippen LogP) is 3.64. The van der Waals surface area contributed by atoms with Gasteiger partial charge in [0, 0.05) is 13.6 Å². The molecule has 4 heteroatoms. The van der Waals surface area contributed by atoms with Crippen LogP contribution in [0, 0.1) is 15.3 Å². The number of rotatable bonds is 2. The summed E-state index contributed by atoms with van der Waals surface area (Å²) in [4.78, 5) is 0. The topological polar surface area (TPSA) is 20.2 Å². The van der Waals surface area contributed by atoms with Crippen LogP contribution in [0.2, 0.25) is 0 Å². The quantitative estimate of drug-likeness (QED) is 0.622. The molecule has 1 saturated carbocycles. The van der Waals surface area contributed by atoms with Gasteiger partial charge in [0.15, 0.2) is 0 Å². The summed E-state index contributed by atoms with van der Waals surface area (Å²) in [5.41, 5.74) is 0.416. The van der Waals surface area contributed by atoms with Crippen molar-refractivity contribution < 1.29 is 9.50 Å². The van der Waals surface area contributed by atoms with Crippen LogP contribution in [0.25, 0.3) is 0 Å². The van der Waals surface area contributed by atoms with Crippen molar-refractivity contribution >= 4 is 38.5 Å². The molecule has 0 spiro atoms. The molecule has 0 radical (unpaired) electrons. The Morgan fingerprint density at radius 1 is 1.50 bits per heavy atom. The summed E-state index contributed by atoms with van der Waals surface area (Å²) in [7, 11) is 0. The first kappa shape index (κ1) is 10.8. The highest BCUT2D eigenvalue weighted by Gasteiger charge is 2.34. The van der Waals surface area contributed by atoms with Crippen molar-refractivity contribution in [2.75, 3.05) is 0 Å². The lowest BCUT2D eigenvalue weighted by Gasteiger charge is -2.13. The molecule has 1 aromatic rings. The summed E-state index contributed by atoms with van der Waals surface area (Å²) >= 11 is 5.21. The van der Waals surface area contributed by atoms with E-state index < -0.39 is 6.10 Å². The zero-order valence-electron chi connectivity index (χ0n) is 7.30. The maximum absolute atomic E-state index is 13.7. The Kier molecular flexibility index (Phi) is 3.14. The number of hydrogen-bond donors (Lipinski definition) is 1. The third-order valence-electron chi connectivity index (χ3n) is 2.44. The standard InChI is InChI=1S/C10H9BrFIO/c11-6-3-4-7(13)9(12)8(6)10(14)5-1-2-5/h3-5,10,14H,1-2H2. The van der Waals surface area contributed by atoms with E-state index in [1.807, 2.05) is 22.6 Å². The molecule has 0 aliphatic heterocycles. The molecule has 1 nitrogen and oxygen atoms in total. The van der Waals surface area contributed by atoms with Gasteiger partial charge in [-0.05, 0) is 53.5 Å². The molecule has 1 aliphatic carbocycles. The molecule has 0 saturated heterocycles. The van der Waals surface area contributed by atoms with E-state index in [-0.39, 0.29) is 11.7 Å². The Hall–Kier alpha value is 0.320. The number of benzene rings is 1. The van der Waals surface area contributed by atoms with E-state index in [1.54, 1.807) is 12.1 Å². The van der Waals surface area contributed by atoms with Crippen molar-refractivity contribution in [3.63, 3.8) is 0 Å². The highest BCUT2D eigenvalue weighted by molar-refractivity contribution is 14.1. The summed E-state index contributed by atoms with van der Waals surface area (Å²) in [5.74, 6) is -0.0432. The number of halogens is 3. The van der Waals surface area contributed by atoms with Crippen molar-refractivity contribution in [2.45, 2.75) is 18.9 Å². The summed E-state index contributed by atoms with van der Waals surface area (Å²) in [6.07, 6.45) is 1.34. The summed E-state index contributed by atoms with van der Waals surface area (Å²) < 4.78 is 14.9. The van der Waals surface area contributed by atoms with Gasteiger partial charge in [-0.2, -0.15) is 0 Å². The van der Waals surface area contributed by atoms with Gasteiger partial charge in [0.25, 0.3) is 0 Å². The van der Waals surface area contributed by atoms with Crippen molar-refractivity contribution in [1.29, 1.82) is 0 Å². The van der Waals surface area contributed by atoms with Gasteiger partial charge in [-0.3, -0.25) is 0 Å². The van der Waals surface area contributed by atoms with Gasteiger partial charge in [-0.25, -0.2) is 4.39 Å². The molecular weight excluding hydrogens is 362 g/mol. The molecule has 1 aromatic carbocycles. The zero-order chi connectivity index (χ0) is 10.3. The Labute approximate surface area is 104 Å². The van der Waals surface area contributed by atoms with Crippen molar-refractivity contribution in [3.05, 3.63) is 31.6 Å². The molecule has 76 valence electrons. The summed E-state index contributed by atoms with van der Waals surface area (Å²) in [6, 6.07) is 3.48. The molecule has 1 aliphatic rings. The van der Waals surface area contributed by atoms with Crippen LogP contribution in [-0.2, 0) is 0 Å². The molecule has 0 heterocycles. The van der Waals surface area contributed by atoms with Crippen LogP contribution in [0.5, 0.6) is 0 Å². The van der Waals surface area contributed by atoms with E-state index in [1.165, 1.54) is 0 Å². The zero-order valence-corrected chi connectivity index (χ0v) is 11.0. The molecule has 1 N–H and O–H groups in total. The van der Waals surface area contributed by atoms with E-state index >= 15 is 0 Å². The van der Waals surface area contributed by atoms with Crippen molar-refractivity contribution in [2.24, 2.45) is 5.92 Å². The highest BCUT2D eigenvalue weighted by atomic mass is 127. The fraction of sp³-hybridized carbons (Fsp3) is 0.400. The van der Waals surface area contributed by atoms with Crippen LogP contribution in [0.4, 0.5) is 4.39 Å². The van der Waals surface area contributed by atoms with Crippen LogP contribution in [-0.4, -0.2) is 5.11 Å². The normalized spacial score (nSPS) is 18.3. The van der Waals surface area contributed by atoms with Crippen molar-refractivity contribution in [3.8, 4) is 0 Å². The van der Waals surface area contributed by atoms with Gasteiger partial charge >= 0.3 is 0 Å². The summed E-state index contributed by atoms with van der Waals surface area (Å²) in [6.45, 7) is 0. The molecule has 0 aromatic heterocycles. The smallest absolute Gasteiger partial charge is 0.143 e. The maximum atomic E-state index is 13.7. The minimum atomic E-state index is -0.654. The third kappa shape index (κ3) is 1.97. The van der Waals surface area contributed by atoms with Gasteiger partial charge in [0.2, 0.25) is 0 Å². The Morgan fingerprint density at radius 2 is 2.14 bits per heavy atom. The molecular formula is C10H9BrFIO. The molecule has 1 fully saturated rings. The molecule has 14 heavy (non-hydrogen) atoms. The van der Waals surface area contributed by atoms with E-state index in [4.69, 9.17) is 0 Å². The first-order valence-electron chi connectivity index (χ1n) is 4.42. The van der Waals surface area contributed by atoms with Gasteiger partial charge in [-0.15, -0.1) is 0 Å². The largest absolute Gasteiger partial charge is 0.388 e. The molecule has 0 amide bonds. The fourth-order valence-electron chi connectivity index (χ4n) is 1.46. The van der Waals surface area contributed by atoms with Crippen LogP contribution < -0.4 is 0 Å². The van der Waals surface area contributed by atoms with E-state index in [9.17, 15) is 9.50 Å². The minimum Gasteiger partial charge on any atom is -0.388 e. The average Bonchev–Trinajstić information content (AvgIpc) is 2.95. The third-order valence-corrected chi connectivity index (χ3v) is 3.97. The minimum absolute atomic E-state index is 0.249. The van der Waals surface area contributed by atoms with Crippen molar-refractivity contribution in [1.82, 2.24) is 0 Å². The van der Waals surface area contributed by atoms with Crippen LogP contribution in [0.1, 0.15) is 24.5 Å². The lowest BCUT2D eigenvalue weighted by molar-refractivity contribution is 0.148. The van der Waals surface area contributed by atoms with Gasteiger partial charge in [0.05, 0.1) is 6.10 Å². The van der Waals surface area contributed by atoms with E-state index in [2.05, 4.69) is 15.9 Å². The SMILES string of the molecule is OC(c1c(Br)ccc(I)c1F)C1CC1. The Balaban J connectivity index is 2.43. The Bertz CT molecular complexity index is 365. The second-order valence-electron chi connectivity index (χ2n) is 3.54. The lowest BCUT2D eigenvalue weighted by Crippen LogP contribution is -2.05. The number of aliphatic hydroxyl groups is 1. The van der Waals surface area contributed by atoms with Crippen LogP contribution in [0.15, 0.2) is 16.6 Å². The summed E-state index contributed by atoms with van der Waals surface area (Å²) in [5, 5.41) is 9.87. The first-order chi connectivity index (χ1) is 6.61. The van der Waals surface area contributed by atoms with E-state index in [0.29, 0.717) is 13.6 Å². The average molecular weight is 371 g/mol. The van der Waals surface area contributed by atoms with Crippen LogP contribution >= 0.6 is 38.5 Å². The molecule has 0 bridgehead atoms. The number of hydrogen-bond acceptors (Lipinski definition) is 1. The second kappa shape index (κ2) is 4.06. The molecule has 1 atom stereocenters. The van der Waals surface area contributed by atoms with Gasteiger partial charge in [0.1, 0.15) is 5.82 Å². The monoisotopic (exact) mass is 370 g/mol. The van der Waals surface area contributed by atoms with E-state index in [0.717, 1.165) is 12.8 Å². The fourth-order valence-corrected chi connectivity index (χ4v) is 2.47. The van der Waals surface area contributed by atoms with Crippen LogP contribution in [0.3, 0.4) is 0 Å². The first-order valence-corrected chi connectivity index (χ1v) is 6.30. The Morgan fingerprint density at radius 3 is 2.71 bits per heavy atom.